The van der Waals surface area contributed by atoms with E-state index in [1.807, 2.05) is 31.2 Å². The summed E-state index contributed by atoms with van der Waals surface area (Å²) in [6.07, 6.45) is 4.24. The molecule has 0 aliphatic heterocycles. The Morgan fingerprint density at radius 3 is 2.81 bits per heavy atom. The Morgan fingerprint density at radius 1 is 1.27 bits per heavy atom. The number of amides is 1. The van der Waals surface area contributed by atoms with Crippen molar-refractivity contribution in [1.82, 2.24) is 15.0 Å². The number of benzene rings is 1. The van der Waals surface area contributed by atoms with Gasteiger partial charge in [0, 0.05) is 24.7 Å². The highest BCUT2D eigenvalue weighted by atomic mass is 32.1. The molecule has 0 aliphatic carbocycles. The van der Waals surface area contributed by atoms with Crippen LogP contribution in [0.3, 0.4) is 0 Å². The average Bonchev–Trinajstić information content (AvgIpc) is 3.09. The summed E-state index contributed by atoms with van der Waals surface area (Å²) in [4.78, 5) is 37.7. The molecule has 8 heteroatoms. The van der Waals surface area contributed by atoms with Crippen LogP contribution in [0.2, 0.25) is 0 Å². The minimum atomic E-state index is -0.574. The summed E-state index contributed by atoms with van der Waals surface area (Å²) in [5, 5.41) is 2.28. The molecule has 0 aliphatic rings. The molecule has 1 amide bonds. The van der Waals surface area contributed by atoms with Gasteiger partial charge in [-0.2, -0.15) is 0 Å². The van der Waals surface area contributed by atoms with E-state index >= 15 is 0 Å². The van der Waals surface area contributed by atoms with Gasteiger partial charge in [0.1, 0.15) is 6.61 Å². The Labute approximate surface area is 154 Å². The third kappa shape index (κ3) is 4.09. The summed E-state index contributed by atoms with van der Waals surface area (Å²) < 4.78 is 5.19. The van der Waals surface area contributed by atoms with Crippen LogP contribution in [0.15, 0.2) is 48.2 Å². The van der Waals surface area contributed by atoms with Crippen molar-refractivity contribution in [2.75, 3.05) is 4.90 Å². The number of carbonyl (C=O) groups excluding carboxylic acids is 2. The fraction of sp³-hybridized carbons (Fsp3) is 0.167. The minimum Gasteiger partial charge on any atom is -0.454 e. The maximum atomic E-state index is 12.1. The molecule has 3 rings (SSSR count). The molecule has 1 aromatic carbocycles. The van der Waals surface area contributed by atoms with E-state index in [0.29, 0.717) is 10.8 Å². The zero-order valence-corrected chi connectivity index (χ0v) is 15.1. The third-order valence-corrected chi connectivity index (χ3v) is 4.30. The summed E-state index contributed by atoms with van der Waals surface area (Å²) in [6.45, 7) is 3.43. The molecule has 0 spiro atoms. The molecule has 0 unspecified atom stereocenters. The van der Waals surface area contributed by atoms with Crippen LogP contribution in [0, 0.1) is 6.92 Å². The smallest absolute Gasteiger partial charge is 0.358 e. The minimum absolute atomic E-state index is 0.00846. The first-order chi connectivity index (χ1) is 12.5. The summed E-state index contributed by atoms with van der Waals surface area (Å²) in [5.41, 5.74) is 2.48. The van der Waals surface area contributed by atoms with Crippen LogP contribution < -0.4 is 4.90 Å². The van der Waals surface area contributed by atoms with Crippen LogP contribution in [-0.2, 0) is 16.1 Å². The van der Waals surface area contributed by atoms with E-state index in [0.717, 1.165) is 11.3 Å². The molecular weight excluding hydrogens is 352 g/mol. The molecule has 132 valence electrons. The van der Waals surface area contributed by atoms with Crippen LogP contribution in [0.25, 0.3) is 0 Å². The second-order valence-corrected chi connectivity index (χ2v) is 6.32. The lowest BCUT2D eigenvalue weighted by Crippen LogP contribution is -2.22. The number of thiazole rings is 1. The molecule has 0 N–H and O–H groups in total. The predicted molar refractivity (Wildman–Crippen MR) is 97.3 cm³/mol. The molecule has 26 heavy (non-hydrogen) atoms. The van der Waals surface area contributed by atoms with Gasteiger partial charge in [-0.3, -0.25) is 14.7 Å². The zero-order valence-electron chi connectivity index (χ0n) is 14.2. The second-order valence-electron chi connectivity index (χ2n) is 5.48. The first-order valence-corrected chi connectivity index (χ1v) is 8.67. The van der Waals surface area contributed by atoms with Crippen LogP contribution in [0.1, 0.15) is 28.7 Å². The Kier molecular flexibility index (Phi) is 5.33. The van der Waals surface area contributed by atoms with Crippen molar-refractivity contribution in [3.05, 3.63) is 65.2 Å². The van der Waals surface area contributed by atoms with Crippen molar-refractivity contribution in [2.24, 2.45) is 0 Å². The molecule has 2 heterocycles. The topological polar surface area (TPSA) is 85.3 Å². The molecule has 0 saturated carbocycles. The highest BCUT2D eigenvalue weighted by Crippen LogP contribution is 2.29. The van der Waals surface area contributed by atoms with Gasteiger partial charge in [-0.05, 0) is 24.6 Å². The number of anilines is 2. The van der Waals surface area contributed by atoms with Gasteiger partial charge in [-0.25, -0.2) is 14.8 Å². The molecule has 0 saturated heterocycles. The Hall–Kier alpha value is -3.13. The summed E-state index contributed by atoms with van der Waals surface area (Å²) in [7, 11) is 0. The van der Waals surface area contributed by atoms with Crippen molar-refractivity contribution < 1.29 is 14.3 Å². The maximum Gasteiger partial charge on any atom is 0.358 e. The van der Waals surface area contributed by atoms with Gasteiger partial charge in [0.05, 0.1) is 17.6 Å². The quantitative estimate of drug-likeness (QED) is 0.643. The van der Waals surface area contributed by atoms with E-state index < -0.39 is 5.97 Å². The molecule has 3 aromatic rings. The van der Waals surface area contributed by atoms with Crippen molar-refractivity contribution in [1.29, 1.82) is 0 Å². The SMILES string of the molecule is CC(=O)N(c1cccc(C)c1)c1nc(COC(=O)c2cnccn2)cs1. The first-order valence-electron chi connectivity index (χ1n) is 7.79. The monoisotopic (exact) mass is 368 g/mol. The number of esters is 1. The Balaban J connectivity index is 1.73. The number of hydrogen-bond donors (Lipinski definition) is 0. The number of aromatic nitrogens is 3. The van der Waals surface area contributed by atoms with Crippen LogP contribution in [0.5, 0.6) is 0 Å². The molecule has 0 atom stereocenters. The lowest BCUT2D eigenvalue weighted by Gasteiger charge is -2.18. The molecule has 2 aromatic heterocycles. The van der Waals surface area contributed by atoms with E-state index in [1.54, 1.807) is 5.38 Å². The molecular formula is C18H16N4O3S. The molecule has 0 radical (unpaired) electrons. The van der Waals surface area contributed by atoms with E-state index in [-0.39, 0.29) is 18.2 Å². The van der Waals surface area contributed by atoms with Gasteiger partial charge in [-0.1, -0.05) is 12.1 Å². The summed E-state index contributed by atoms with van der Waals surface area (Å²) in [6, 6.07) is 7.61. The van der Waals surface area contributed by atoms with Crippen molar-refractivity contribution in [2.45, 2.75) is 20.5 Å². The largest absolute Gasteiger partial charge is 0.454 e. The highest BCUT2D eigenvalue weighted by Gasteiger charge is 2.18. The van der Waals surface area contributed by atoms with E-state index in [4.69, 9.17) is 4.74 Å². The number of hydrogen-bond acceptors (Lipinski definition) is 7. The Morgan fingerprint density at radius 2 is 2.12 bits per heavy atom. The van der Waals surface area contributed by atoms with Gasteiger partial charge in [0.15, 0.2) is 10.8 Å². The van der Waals surface area contributed by atoms with Gasteiger partial charge >= 0.3 is 5.97 Å². The number of rotatable bonds is 5. The van der Waals surface area contributed by atoms with Crippen molar-refractivity contribution >= 4 is 34.0 Å². The van der Waals surface area contributed by atoms with Crippen LogP contribution >= 0.6 is 11.3 Å². The Bertz CT molecular complexity index is 927. The van der Waals surface area contributed by atoms with E-state index in [2.05, 4.69) is 15.0 Å². The lowest BCUT2D eigenvalue weighted by atomic mass is 10.2. The van der Waals surface area contributed by atoms with Crippen LogP contribution in [0.4, 0.5) is 10.8 Å². The van der Waals surface area contributed by atoms with E-state index in [9.17, 15) is 9.59 Å². The van der Waals surface area contributed by atoms with Crippen molar-refractivity contribution in [3.63, 3.8) is 0 Å². The zero-order chi connectivity index (χ0) is 18.5. The molecule has 7 nitrogen and oxygen atoms in total. The van der Waals surface area contributed by atoms with Crippen molar-refractivity contribution in [3.8, 4) is 0 Å². The fourth-order valence-corrected chi connectivity index (χ4v) is 3.15. The third-order valence-electron chi connectivity index (χ3n) is 3.43. The normalized spacial score (nSPS) is 10.4. The van der Waals surface area contributed by atoms with Gasteiger partial charge in [0.25, 0.3) is 0 Å². The van der Waals surface area contributed by atoms with Gasteiger partial charge in [0.2, 0.25) is 5.91 Å². The number of nitrogens with zero attached hydrogens (tertiary/aromatic N) is 4. The maximum absolute atomic E-state index is 12.1. The predicted octanol–water partition coefficient (Wildman–Crippen LogP) is 3.28. The second kappa shape index (κ2) is 7.83. The molecule has 0 bridgehead atoms. The first kappa shape index (κ1) is 17.7. The van der Waals surface area contributed by atoms with Gasteiger partial charge in [-0.15, -0.1) is 11.3 Å². The summed E-state index contributed by atoms with van der Waals surface area (Å²) >= 11 is 1.31. The van der Waals surface area contributed by atoms with E-state index in [1.165, 1.54) is 41.8 Å². The number of carbonyl (C=O) groups is 2. The number of aryl methyl sites for hydroxylation is 1. The van der Waals surface area contributed by atoms with Gasteiger partial charge < -0.3 is 4.74 Å². The molecule has 0 fully saturated rings. The number of ether oxygens (including phenoxy) is 1. The van der Waals surface area contributed by atoms with Crippen LogP contribution in [-0.4, -0.2) is 26.8 Å². The summed E-state index contributed by atoms with van der Waals surface area (Å²) in [5.74, 6) is -0.720. The standard InChI is InChI=1S/C18H16N4O3S/c1-12-4-3-5-15(8-12)22(13(2)23)18-21-14(11-26-18)10-25-17(24)16-9-19-6-7-20-16/h3-9,11H,10H2,1-2H3. The lowest BCUT2D eigenvalue weighted by molar-refractivity contribution is -0.115. The highest BCUT2D eigenvalue weighted by molar-refractivity contribution is 7.14. The fourth-order valence-electron chi connectivity index (χ4n) is 2.28. The average molecular weight is 368 g/mol.